The monoisotopic (exact) mass is 323 g/mol. The van der Waals surface area contributed by atoms with Gasteiger partial charge in [-0.05, 0) is 54.9 Å². The van der Waals surface area contributed by atoms with Crippen LogP contribution >= 0.6 is 0 Å². The largest absolute Gasteiger partial charge is 0.497 e. The van der Waals surface area contributed by atoms with Gasteiger partial charge in [-0.3, -0.25) is 4.79 Å². The van der Waals surface area contributed by atoms with Crippen molar-refractivity contribution in [3.63, 3.8) is 0 Å². The van der Waals surface area contributed by atoms with Crippen molar-refractivity contribution in [3.05, 3.63) is 65.7 Å². The van der Waals surface area contributed by atoms with E-state index in [1.807, 2.05) is 49.4 Å². The SMILES string of the molecule is COc1ccc(C(CC(=O)NC(C)c2ccccc2)C2CC2)cc1. The summed E-state index contributed by atoms with van der Waals surface area (Å²) in [5.74, 6) is 1.92. The van der Waals surface area contributed by atoms with Crippen molar-refractivity contribution in [3.8, 4) is 5.75 Å². The molecular formula is C21H25NO2. The van der Waals surface area contributed by atoms with Crippen LogP contribution in [0, 0.1) is 5.92 Å². The summed E-state index contributed by atoms with van der Waals surface area (Å²) in [6, 6.07) is 18.3. The molecule has 0 aliphatic heterocycles. The first-order chi connectivity index (χ1) is 11.7. The number of carbonyl (C=O) groups excluding carboxylic acids is 1. The number of ether oxygens (including phenoxy) is 1. The molecule has 1 N–H and O–H groups in total. The fraction of sp³-hybridized carbons (Fsp3) is 0.381. The molecule has 1 fully saturated rings. The van der Waals surface area contributed by atoms with Crippen LogP contribution in [0.1, 0.15) is 49.3 Å². The van der Waals surface area contributed by atoms with Crippen molar-refractivity contribution in [2.75, 3.05) is 7.11 Å². The van der Waals surface area contributed by atoms with Gasteiger partial charge in [-0.15, -0.1) is 0 Å². The minimum Gasteiger partial charge on any atom is -0.497 e. The molecule has 2 aromatic carbocycles. The van der Waals surface area contributed by atoms with Crippen molar-refractivity contribution < 1.29 is 9.53 Å². The molecule has 1 aliphatic carbocycles. The highest BCUT2D eigenvalue weighted by Gasteiger charge is 2.33. The molecule has 1 aliphatic rings. The van der Waals surface area contributed by atoms with Gasteiger partial charge in [-0.25, -0.2) is 0 Å². The van der Waals surface area contributed by atoms with Gasteiger partial charge < -0.3 is 10.1 Å². The number of rotatable bonds is 7. The summed E-state index contributed by atoms with van der Waals surface area (Å²) in [6.07, 6.45) is 2.99. The van der Waals surface area contributed by atoms with Crippen LogP contribution in [0.25, 0.3) is 0 Å². The molecule has 3 rings (SSSR count). The lowest BCUT2D eigenvalue weighted by atomic mass is 9.90. The number of amides is 1. The normalized spacial score (nSPS) is 16.2. The van der Waals surface area contributed by atoms with E-state index in [1.54, 1.807) is 7.11 Å². The second-order valence-corrected chi connectivity index (χ2v) is 6.62. The standard InChI is InChI=1S/C21H25NO2/c1-15(16-6-4-3-5-7-16)22-21(23)14-20(17-8-9-17)18-10-12-19(24-2)13-11-18/h3-7,10-13,15,17,20H,8-9,14H2,1-2H3,(H,22,23). The van der Waals surface area contributed by atoms with E-state index < -0.39 is 0 Å². The predicted octanol–water partition coefficient (Wildman–Crippen LogP) is 4.46. The zero-order valence-electron chi connectivity index (χ0n) is 14.4. The maximum absolute atomic E-state index is 12.5. The molecule has 24 heavy (non-hydrogen) atoms. The van der Waals surface area contributed by atoms with E-state index in [2.05, 4.69) is 17.4 Å². The summed E-state index contributed by atoms with van der Waals surface area (Å²) < 4.78 is 5.23. The second-order valence-electron chi connectivity index (χ2n) is 6.62. The van der Waals surface area contributed by atoms with Crippen LogP contribution in [0.2, 0.25) is 0 Å². The Hall–Kier alpha value is -2.29. The van der Waals surface area contributed by atoms with Crippen molar-refractivity contribution in [2.24, 2.45) is 5.92 Å². The van der Waals surface area contributed by atoms with Crippen molar-refractivity contribution in [2.45, 2.75) is 38.1 Å². The molecule has 1 saturated carbocycles. The van der Waals surface area contributed by atoms with Crippen LogP contribution in [0.15, 0.2) is 54.6 Å². The average molecular weight is 323 g/mol. The van der Waals surface area contributed by atoms with Crippen LogP contribution in [-0.2, 0) is 4.79 Å². The molecule has 0 spiro atoms. The van der Waals surface area contributed by atoms with Crippen molar-refractivity contribution in [1.29, 1.82) is 0 Å². The number of carbonyl (C=O) groups is 1. The quantitative estimate of drug-likeness (QED) is 0.817. The van der Waals surface area contributed by atoms with Gasteiger partial charge in [-0.2, -0.15) is 0 Å². The Balaban J connectivity index is 1.63. The summed E-state index contributed by atoms with van der Waals surface area (Å²) in [4.78, 5) is 12.5. The number of hydrogen-bond donors (Lipinski definition) is 1. The third kappa shape index (κ3) is 4.16. The van der Waals surface area contributed by atoms with E-state index in [-0.39, 0.29) is 11.9 Å². The van der Waals surface area contributed by atoms with Gasteiger partial charge in [-0.1, -0.05) is 42.5 Å². The van der Waals surface area contributed by atoms with Gasteiger partial charge in [0.1, 0.15) is 5.75 Å². The van der Waals surface area contributed by atoms with Gasteiger partial charge in [0.05, 0.1) is 13.2 Å². The summed E-state index contributed by atoms with van der Waals surface area (Å²) in [5.41, 5.74) is 2.37. The molecule has 2 atom stereocenters. The first kappa shape index (κ1) is 16.6. The third-order valence-corrected chi connectivity index (χ3v) is 4.82. The molecular weight excluding hydrogens is 298 g/mol. The molecule has 0 heterocycles. The summed E-state index contributed by atoms with van der Waals surface area (Å²) in [5, 5.41) is 3.14. The van der Waals surface area contributed by atoms with Gasteiger partial charge in [0.2, 0.25) is 5.91 Å². The Bertz CT molecular complexity index is 662. The Morgan fingerprint density at radius 1 is 1.08 bits per heavy atom. The zero-order valence-corrected chi connectivity index (χ0v) is 14.4. The van der Waals surface area contributed by atoms with Gasteiger partial charge in [0.15, 0.2) is 0 Å². The van der Waals surface area contributed by atoms with E-state index in [1.165, 1.54) is 18.4 Å². The number of nitrogens with one attached hydrogen (secondary N) is 1. The summed E-state index contributed by atoms with van der Waals surface area (Å²) >= 11 is 0. The number of hydrogen-bond acceptors (Lipinski definition) is 2. The van der Waals surface area contributed by atoms with E-state index in [9.17, 15) is 4.79 Å². The van der Waals surface area contributed by atoms with Gasteiger partial charge >= 0.3 is 0 Å². The molecule has 0 aromatic heterocycles. The fourth-order valence-electron chi connectivity index (χ4n) is 3.23. The topological polar surface area (TPSA) is 38.3 Å². The highest BCUT2D eigenvalue weighted by Crippen LogP contribution is 2.44. The van der Waals surface area contributed by atoms with Crippen molar-refractivity contribution >= 4 is 5.91 Å². The maximum atomic E-state index is 12.5. The third-order valence-electron chi connectivity index (χ3n) is 4.82. The molecule has 0 bridgehead atoms. The van der Waals surface area contributed by atoms with Gasteiger partial charge in [0, 0.05) is 6.42 Å². The van der Waals surface area contributed by atoms with Crippen molar-refractivity contribution in [1.82, 2.24) is 5.32 Å². The predicted molar refractivity (Wildman–Crippen MR) is 96.1 cm³/mol. The van der Waals surface area contributed by atoms with Crippen LogP contribution in [0.5, 0.6) is 5.75 Å². The molecule has 126 valence electrons. The number of benzene rings is 2. The smallest absolute Gasteiger partial charge is 0.221 e. The van der Waals surface area contributed by atoms with Crippen LogP contribution in [0.4, 0.5) is 0 Å². The first-order valence-electron chi connectivity index (χ1n) is 8.65. The zero-order chi connectivity index (χ0) is 16.9. The summed E-state index contributed by atoms with van der Waals surface area (Å²) in [7, 11) is 1.67. The maximum Gasteiger partial charge on any atom is 0.221 e. The molecule has 1 amide bonds. The number of methoxy groups -OCH3 is 1. The average Bonchev–Trinajstić information content (AvgIpc) is 3.45. The highest BCUT2D eigenvalue weighted by atomic mass is 16.5. The Morgan fingerprint density at radius 2 is 1.75 bits per heavy atom. The molecule has 3 heteroatoms. The minimum absolute atomic E-state index is 0.0365. The fourth-order valence-corrected chi connectivity index (χ4v) is 3.23. The minimum atomic E-state index is 0.0365. The van der Waals surface area contributed by atoms with E-state index in [0.29, 0.717) is 18.3 Å². The summed E-state index contributed by atoms with van der Waals surface area (Å²) in [6.45, 7) is 2.03. The van der Waals surface area contributed by atoms with Crippen LogP contribution in [-0.4, -0.2) is 13.0 Å². The lowest BCUT2D eigenvalue weighted by Gasteiger charge is -2.19. The van der Waals surface area contributed by atoms with E-state index >= 15 is 0 Å². The Labute approximate surface area is 144 Å². The lowest BCUT2D eigenvalue weighted by molar-refractivity contribution is -0.122. The Morgan fingerprint density at radius 3 is 2.33 bits per heavy atom. The van der Waals surface area contributed by atoms with E-state index in [4.69, 9.17) is 4.74 Å². The van der Waals surface area contributed by atoms with Gasteiger partial charge in [0.25, 0.3) is 0 Å². The van der Waals surface area contributed by atoms with Crippen LogP contribution in [0.3, 0.4) is 0 Å². The molecule has 0 saturated heterocycles. The first-order valence-corrected chi connectivity index (χ1v) is 8.65. The molecule has 2 unspecified atom stereocenters. The molecule has 3 nitrogen and oxygen atoms in total. The lowest BCUT2D eigenvalue weighted by Crippen LogP contribution is -2.28. The molecule has 0 radical (unpaired) electrons. The second kappa shape index (κ2) is 7.52. The van der Waals surface area contributed by atoms with E-state index in [0.717, 1.165) is 11.3 Å². The highest BCUT2D eigenvalue weighted by molar-refractivity contribution is 5.77. The molecule has 2 aromatic rings. The Kier molecular flexibility index (Phi) is 5.19. The van der Waals surface area contributed by atoms with Crippen LogP contribution < -0.4 is 10.1 Å².